The Bertz CT molecular complexity index is 760. The molecule has 0 saturated carbocycles. The molecule has 0 radical (unpaired) electrons. The van der Waals surface area contributed by atoms with Crippen LogP contribution in [0.3, 0.4) is 0 Å². The van der Waals surface area contributed by atoms with E-state index in [1.54, 1.807) is 12.7 Å². The number of nitrogens with zero attached hydrogens (tertiary/aromatic N) is 5. The van der Waals surface area contributed by atoms with Crippen LogP contribution in [0.25, 0.3) is 0 Å². The van der Waals surface area contributed by atoms with Crippen molar-refractivity contribution in [3.63, 3.8) is 0 Å². The van der Waals surface area contributed by atoms with Crippen LogP contribution in [0.15, 0.2) is 46.6 Å². The van der Waals surface area contributed by atoms with Gasteiger partial charge >= 0.3 is 0 Å². The Morgan fingerprint density at radius 1 is 1.19 bits per heavy atom. The van der Waals surface area contributed by atoms with Gasteiger partial charge in [0.05, 0.1) is 19.2 Å². The summed E-state index contributed by atoms with van der Waals surface area (Å²) in [5, 5.41) is 0. The van der Waals surface area contributed by atoms with E-state index in [9.17, 15) is 4.79 Å². The second-order valence-corrected chi connectivity index (χ2v) is 5.05. The molecule has 2 aliphatic rings. The van der Waals surface area contributed by atoms with Crippen molar-refractivity contribution in [2.24, 2.45) is 9.98 Å². The Morgan fingerprint density at radius 3 is 2.90 bits per heavy atom. The number of aromatic nitrogens is 2. The van der Waals surface area contributed by atoms with Gasteiger partial charge in [0, 0.05) is 13.0 Å². The Morgan fingerprint density at radius 2 is 2.05 bits per heavy atom. The van der Waals surface area contributed by atoms with Crippen LogP contribution in [0, 0.1) is 0 Å². The highest BCUT2D eigenvalue weighted by molar-refractivity contribution is 6.14. The molecule has 3 heterocycles. The van der Waals surface area contributed by atoms with Crippen LogP contribution >= 0.6 is 0 Å². The third kappa shape index (κ3) is 2.05. The Kier molecular flexibility index (Phi) is 2.67. The molecule has 6 heteroatoms. The lowest BCUT2D eigenvalue weighted by Gasteiger charge is -2.22. The van der Waals surface area contributed by atoms with Gasteiger partial charge in [-0.3, -0.25) is 4.79 Å². The third-order valence-corrected chi connectivity index (χ3v) is 3.61. The molecule has 0 aliphatic carbocycles. The van der Waals surface area contributed by atoms with Gasteiger partial charge in [-0.15, -0.1) is 0 Å². The first-order chi connectivity index (χ1) is 10.3. The third-order valence-electron chi connectivity index (χ3n) is 3.61. The van der Waals surface area contributed by atoms with Gasteiger partial charge in [0.15, 0.2) is 11.7 Å². The molecule has 1 amide bonds. The molecule has 2 aliphatic heterocycles. The second kappa shape index (κ2) is 4.66. The zero-order valence-electron chi connectivity index (χ0n) is 11.3. The fourth-order valence-corrected chi connectivity index (χ4v) is 2.59. The molecule has 21 heavy (non-hydrogen) atoms. The van der Waals surface area contributed by atoms with Gasteiger partial charge in [-0.05, 0) is 5.56 Å². The van der Waals surface area contributed by atoms with Gasteiger partial charge < -0.3 is 9.47 Å². The predicted molar refractivity (Wildman–Crippen MR) is 79.5 cm³/mol. The van der Waals surface area contributed by atoms with Crippen molar-refractivity contribution < 1.29 is 4.79 Å². The minimum absolute atomic E-state index is 0.131. The molecule has 1 aromatic heterocycles. The first-order valence-electron chi connectivity index (χ1n) is 6.83. The summed E-state index contributed by atoms with van der Waals surface area (Å²) >= 11 is 0. The first-order valence-corrected chi connectivity index (χ1v) is 6.83. The topological polar surface area (TPSA) is 62.9 Å². The van der Waals surface area contributed by atoms with E-state index in [0.717, 1.165) is 11.5 Å². The number of carbonyl (C=O) groups excluding carboxylic acids is 1. The normalized spacial score (nSPS) is 16.5. The van der Waals surface area contributed by atoms with Crippen LogP contribution in [0.5, 0.6) is 0 Å². The van der Waals surface area contributed by atoms with E-state index >= 15 is 0 Å². The average Bonchev–Trinajstić information content (AvgIpc) is 2.86. The molecule has 0 spiro atoms. The number of amides is 1. The fraction of sp³-hybridized carbons (Fsp3) is 0.200. The minimum Gasteiger partial charge on any atom is -0.326 e. The van der Waals surface area contributed by atoms with Crippen LogP contribution in [-0.2, 0) is 17.9 Å². The van der Waals surface area contributed by atoms with E-state index in [0.29, 0.717) is 25.3 Å². The molecule has 2 aromatic rings. The number of benzene rings is 1. The molecule has 6 nitrogen and oxygen atoms in total. The standard InChI is InChI=1S/C15H13N5O/c21-12-6-7-19-10-17-15-13(19)14(18-12)16-9-20(15)8-11-4-2-1-3-5-11/h1-5,9-10H,6-8H2. The molecular formula is C15H13N5O. The van der Waals surface area contributed by atoms with Crippen molar-refractivity contribution in [3.8, 4) is 0 Å². The number of carbonyl (C=O) groups is 1. The summed E-state index contributed by atoms with van der Waals surface area (Å²) in [5.41, 5.74) is 2.01. The maximum atomic E-state index is 11.6. The zero-order valence-corrected chi connectivity index (χ0v) is 11.3. The Hall–Kier alpha value is -2.76. The lowest BCUT2D eigenvalue weighted by atomic mass is 10.2. The smallest absolute Gasteiger partial charge is 0.249 e. The van der Waals surface area contributed by atoms with Crippen LogP contribution in [0.2, 0.25) is 0 Å². The highest BCUT2D eigenvalue weighted by Gasteiger charge is 2.27. The summed E-state index contributed by atoms with van der Waals surface area (Å²) in [7, 11) is 0. The van der Waals surface area contributed by atoms with E-state index in [4.69, 9.17) is 0 Å². The summed E-state index contributed by atoms with van der Waals surface area (Å²) in [6, 6.07) is 10.1. The number of rotatable bonds is 2. The van der Waals surface area contributed by atoms with Gasteiger partial charge in [-0.1, -0.05) is 30.3 Å². The molecule has 0 saturated heterocycles. The van der Waals surface area contributed by atoms with Crippen LogP contribution in [-0.4, -0.2) is 27.6 Å². The van der Waals surface area contributed by atoms with Crippen LogP contribution in [0.1, 0.15) is 17.7 Å². The largest absolute Gasteiger partial charge is 0.326 e. The number of hydrogen-bond acceptors (Lipinski definition) is 4. The van der Waals surface area contributed by atoms with E-state index in [1.165, 1.54) is 5.56 Å². The fourth-order valence-electron chi connectivity index (χ4n) is 2.59. The molecule has 0 bridgehead atoms. The zero-order chi connectivity index (χ0) is 14.2. The Labute approximate surface area is 121 Å². The van der Waals surface area contributed by atoms with Crippen molar-refractivity contribution in [2.45, 2.75) is 19.5 Å². The number of hydrogen-bond donors (Lipinski definition) is 0. The second-order valence-electron chi connectivity index (χ2n) is 5.05. The summed E-state index contributed by atoms with van der Waals surface area (Å²) in [6.45, 7) is 1.29. The summed E-state index contributed by atoms with van der Waals surface area (Å²) in [4.78, 5) is 26.5. The van der Waals surface area contributed by atoms with Gasteiger partial charge in [0.2, 0.25) is 5.91 Å². The number of anilines is 1. The molecular weight excluding hydrogens is 266 g/mol. The SMILES string of the molecule is O=C1CCn2cnc3c2C(=N1)N=CN3Cc1ccccc1. The molecule has 104 valence electrons. The van der Waals surface area contributed by atoms with Crippen LogP contribution in [0.4, 0.5) is 5.82 Å². The molecule has 1 aromatic carbocycles. The molecule has 0 fully saturated rings. The lowest BCUT2D eigenvalue weighted by molar-refractivity contribution is -0.117. The highest BCUT2D eigenvalue weighted by atomic mass is 16.1. The molecule has 0 N–H and O–H groups in total. The first kappa shape index (κ1) is 12.0. The van der Waals surface area contributed by atoms with Crippen molar-refractivity contribution in [1.29, 1.82) is 0 Å². The molecule has 0 atom stereocenters. The minimum atomic E-state index is -0.131. The number of aliphatic imine (C=N–C) groups is 2. The van der Waals surface area contributed by atoms with Gasteiger partial charge in [0.1, 0.15) is 5.69 Å². The van der Waals surface area contributed by atoms with E-state index in [-0.39, 0.29) is 5.91 Å². The Balaban J connectivity index is 1.74. The summed E-state index contributed by atoms with van der Waals surface area (Å²) in [6.07, 6.45) is 3.84. The van der Waals surface area contributed by atoms with E-state index in [1.807, 2.05) is 27.7 Å². The van der Waals surface area contributed by atoms with E-state index in [2.05, 4.69) is 27.1 Å². The number of imidazole rings is 1. The molecule has 4 rings (SSSR count). The lowest BCUT2D eigenvalue weighted by Crippen LogP contribution is -2.28. The van der Waals surface area contributed by atoms with E-state index < -0.39 is 0 Å². The van der Waals surface area contributed by atoms with Crippen molar-refractivity contribution in [2.75, 3.05) is 4.90 Å². The van der Waals surface area contributed by atoms with Gasteiger partial charge in [-0.25, -0.2) is 9.98 Å². The van der Waals surface area contributed by atoms with Crippen molar-refractivity contribution in [1.82, 2.24) is 9.55 Å². The summed E-state index contributed by atoms with van der Waals surface area (Å²) in [5.74, 6) is 1.14. The van der Waals surface area contributed by atoms with Gasteiger partial charge in [0.25, 0.3) is 0 Å². The number of amidine groups is 1. The van der Waals surface area contributed by atoms with Crippen molar-refractivity contribution >= 4 is 23.9 Å². The van der Waals surface area contributed by atoms with Crippen molar-refractivity contribution in [3.05, 3.63) is 47.9 Å². The van der Waals surface area contributed by atoms with Crippen LogP contribution < -0.4 is 4.90 Å². The summed E-state index contributed by atoms with van der Waals surface area (Å²) < 4.78 is 1.95. The number of aryl methyl sites for hydroxylation is 1. The monoisotopic (exact) mass is 279 g/mol. The molecule has 0 unspecified atom stereocenters. The maximum absolute atomic E-state index is 11.6. The average molecular weight is 279 g/mol. The highest BCUT2D eigenvalue weighted by Crippen LogP contribution is 2.26. The maximum Gasteiger partial charge on any atom is 0.249 e. The quantitative estimate of drug-likeness (QED) is 0.839. The van der Waals surface area contributed by atoms with Gasteiger partial charge in [-0.2, -0.15) is 4.99 Å². The predicted octanol–water partition coefficient (Wildman–Crippen LogP) is 1.61.